The van der Waals surface area contributed by atoms with Gasteiger partial charge in [-0.1, -0.05) is 17.7 Å². The normalized spacial score (nSPS) is 10.7. The van der Waals surface area contributed by atoms with Crippen molar-refractivity contribution in [1.29, 1.82) is 0 Å². The Morgan fingerprint density at radius 1 is 1.17 bits per heavy atom. The Morgan fingerprint density at radius 2 is 1.93 bits per heavy atom. The van der Waals surface area contributed by atoms with E-state index in [-0.39, 0.29) is 6.42 Å². The lowest BCUT2D eigenvalue weighted by atomic mass is 10.1. The summed E-state index contributed by atoms with van der Waals surface area (Å²) in [6, 6.07) is 9.31. The minimum Gasteiger partial charge on any atom is -0.492 e. The van der Waals surface area contributed by atoms with E-state index in [1.54, 1.807) is 13.2 Å². The van der Waals surface area contributed by atoms with Gasteiger partial charge in [-0.15, -0.1) is 0 Å². The van der Waals surface area contributed by atoms with Crippen LogP contribution in [-0.4, -0.2) is 31.7 Å². The second kappa shape index (κ2) is 10.8. The van der Waals surface area contributed by atoms with Gasteiger partial charge in [0.1, 0.15) is 6.42 Å². The summed E-state index contributed by atoms with van der Waals surface area (Å²) < 4.78 is 11.8. The maximum Gasteiger partial charge on any atom is 0.249 e. The van der Waals surface area contributed by atoms with E-state index in [4.69, 9.17) is 9.47 Å². The second-order valence-electron chi connectivity index (χ2n) is 6.30. The van der Waals surface area contributed by atoms with Crippen molar-refractivity contribution in [3.8, 4) is 11.5 Å². The highest BCUT2D eigenvalue weighted by Crippen LogP contribution is 2.33. The van der Waals surface area contributed by atoms with Crippen molar-refractivity contribution >= 4 is 46.3 Å². The number of aryl methyl sites for hydroxylation is 2. The van der Waals surface area contributed by atoms with Crippen molar-refractivity contribution in [2.45, 2.75) is 27.2 Å². The Hall–Kier alpha value is -2.62. The standard InChI is InChI=1S/C21H24IN3O4/c1-5-29-18-10-15(9-16(22)21(18)28-4)12-23-25-20(27)11-19(26)24-17-7-6-13(2)8-14(17)3/h6-10,12H,5,11H2,1-4H3,(H,24,26)(H,25,27). The predicted molar refractivity (Wildman–Crippen MR) is 122 cm³/mol. The topological polar surface area (TPSA) is 89.0 Å². The first kappa shape index (κ1) is 22.7. The molecule has 0 bridgehead atoms. The van der Waals surface area contributed by atoms with Gasteiger partial charge in [0.25, 0.3) is 0 Å². The molecule has 2 aromatic carbocycles. The van der Waals surface area contributed by atoms with E-state index in [1.165, 1.54) is 6.21 Å². The largest absolute Gasteiger partial charge is 0.492 e. The number of anilines is 1. The molecule has 2 N–H and O–H groups in total. The minimum absolute atomic E-state index is 0.324. The van der Waals surface area contributed by atoms with Gasteiger partial charge in [0.05, 0.1) is 23.5 Å². The summed E-state index contributed by atoms with van der Waals surface area (Å²) in [5.74, 6) is 0.346. The van der Waals surface area contributed by atoms with E-state index in [2.05, 4.69) is 38.4 Å². The minimum atomic E-state index is -0.503. The van der Waals surface area contributed by atoms with E-state index < -0.39 is 11.8 Å². The van der Waals surface area contributed by atoms with Crippen LogP contribution in [0.3, 0.4) is 0 Å². The van der Waals surface area contributed by atoms with Crippen molar-refractivity contribution in [1.82, 2.24) is 5.43 Å². The number of carbonyl (C=O) groups excluding carboxylic acids is 2. The molecule has 0 saturated carbocycles. The molecule has 0 radical (unpaired) electrons. The molecule has 8 heteroatoms. The Balaban J connectivity index is 1.94. The number of hydrogen-bond donors (Lipinski definition) is 2. The molecule has 0 spiro atoms. The maximum absolute atomic E-state index is 12.1. The zero-order valence-electron chi connectivity index (χ0n) is 16.8. The van der Waals surface area contributed by atoms with Crippen molar-refractivity contribution in [3.05, 3.63) is 50.6 Å². The van der Waals surface area contributed by atoms with Crippen molar-refractivity contribution in [3.63, 3.8) is 0 Å². The van der Waals surface area contributed by atoms with Gasteiger partial charge in [0.15, 0.2) is 11.5 Å². The van der Waals surface area contributed by atoms with Crippen LogP contribution in [0.15, 0.2) is 35.4 Å². The molecular weight excluding hydrogens is 485 g/mol. The van der Waals surface area contributed by atoms with Crippen LogP contribution in [0.2, 0.25) is 0 Å². The summed E-state index contributed by atoms with van der Waals surface area (Å²) in [6.45, 7) is 6.26. The number of carbonyl (C=O) groups is 2. The molecule has 2 amide bonds. The molecule has 0 saturated heterocycles. The Morgan fingerprint density at radius 3 is 2.59 bits per heavy atom. The lowest BCUT2D eigenvalue weighted by Crippen LogP contribution is -2.24. The number of rotatable bonds is 8. The van der Waals surface area contributed by atoms with E-state index in [0.29, 0.717) is 23.8 Å². The number of methoxy groups -OCH3 is 1. The zero-order chi connectivity index (χ0) is 21.4. The van der Waals surface area contributed by atoms with Crippen LogP contribution in [-0.2, 0) is 9.59 Å². The van der Waals surface area contributed by atoms with Crippen LogP contribution < -0.4 is 20.2 Å². The number of hydrogen-bond acceptors (Lipinski definition) is 5. The summed E-state index contributed by atoms with van der Waals surface area (Å²) in [7, 11) is 1.58. The quantitative estimate of drug-likeness (QED) is 0.245. The van der Waals surface area contributed by atoms with Gasteiger partial charge in [-0.2, -0.15) is 5.10 Å². The van der Waals surface area contributed by atoms with E-state index >= 15 is 0 Å². The number of amides is 2. The molecule has 0 heterocycles. The van der Waals surface area contributed by atoms with Crippen molar-refractivity contribution in [2.75, 3.05) is 19.0 Å². The van der Waals surface area contributed by atoms with Crippen LogP contribution in [0, 0.1) is 17.4 Å². The van der Waals surface area contributed by atoms with Gasteiger partial charge < -0.3 is 14.8 Å². The molecule has 154 valence electrons. The lowest BCUT2D eigenvalue weighted by Gasteiger charge is -2.11. The van der Waals surface area contributed by atoms with Gasteiger partial charge in [-0.05, 0) is 72.7 Å². The fraction of sp³-hybridized carbons (Fsp3) is 0.286. The summed E-state index contributed by atoms with van der Waals surface area (Å²) in [5.41, 5.74) is 5.83. The van der Waals surface area contributed by atoms with Crippen LogP contribution >= 0.6 is 22.6 Å². The number of ether oxygens (including phenoxy) is 2. The first-order valence-corrected chi connectivity index (χ1v) is 10.1. The van der Waals surface area contributed by atoms with Gasteiger partial charge in [0, 0.05) is 5.69 Å². The molecule has 0 atom stereocenters. The first-order valence-electron chi connectivity index (χ1n) is 9.03. The summed E-state index contributed by atoms with van der Waals surface area (Å²) in [6.07, 6.45) is 1.17. The highest BCUT2D eigenvalue weighted by atomic mass is 127. The highest BCUT2D eigenvalue weighted by Gasteiger charge is 2.12. The third kappa shape index (κ3) is 6.74. The Kier molecular flexibility index (Phi) is 8.44. The third-order valence-electron chi connectivity index (χ3n) is 3.92. The van der Waals surface area contributed by atoms with Gasteiger partial charge >= 0.3 is 0 Å². The molecule has 0 unspecified atom stereocenters. The molecule has 2 rings (SSSR count). The summed E-state index contributed by atoms with van der Waals surface area (Å²) >= 11 is 2.14. The predicted octanol–water partition coefficient (Wildman–Crippen LogP) is 3.79. The molecule has 0 aromatic heterocycles. The fourth-order valence-electron chi connectivity index (χ4n) is 2.64. The average molecular weight is 509 g/mol. The first-order chi connectivity index (χ1) is 13.8. The molecule has 29 heavy (non-hydrogen) atoms. The molecule has 0 fully saturated rings. The number of benzene rings is 2. The van der Waals surface area contributed by atoms with E-state index in [1.807, 2.05) is 45.0 Å². The van der Waals surface area contributed by atoms with Crippen LogP contribution in [0.4, 0.5) is 5.69 Å². The summed E-state index contributed by atoms with van der Waals surface area (Å²) in [4.78, 5) is 24.0. The maximum atomic E-state index is 12.1. The molecule has 0 aliphatic carbocycles. The van der Waals surface area contributed by atoms with E-state index in [9.17, 15) is 9.59 Å². The average Bonchev–Trinajstić information content (AvgIpc) is 2.64. The lowest BCUT2D eigenvalue weighted by molar-refractivity contribution is -0.126. The summed E-state index contributed by atoms with van der Waals surface area (Å²) in [5, 5.41) is 6.66. The third-order valence-corrected chi connectivity index (χ3v) is 4.72. The molecule has 7 nitrogen and oxygen atoms in total. The molecular formula is C21H24IN3O4. The monoisotopic (exact) mass is 509 g/mol. The Labute approximate surface area is 184 Å². The molecule has 0 aliphatic rings. The number of nitrogens with zero attached hydrogens (tertiary/aromatic N) is 1. The molecule has 2 aromatic rings. The zero-order valence-corrected chi connectivity index (χ0v) is 19.0. The Bertz CT molecular complexity index is 928. The second-order valence-corrected chi connectivity index (χ2v) is 7.47. The van der Waals surface area contributed by atoms with Crippen LogP contribution in [0.1, 0.15) is 30.0 Å². The van der Waals surface area contributed by atoms with Crippen LogP contribution in [0.5, 0.6) is 11.5 Å². The highest BCUT2D eigenvalue weighted by molar-refractivity contribution is 14.1. The van der Waals surface area contributed by atoms with Crippen LogP contribution in [0.25, 0.3) is 0 Å². The number of hydrazone groups is 1. The number of halogens is 1. The van der Waals surface area contributed by atoms with Gasteiger partial charge in [-0.25, -0.2) is 5.43 Å². The van der Waals surface area contributed by atoms with Crippen molar-refractivity contribution < 1.29 is 19.1 Å². The number of nitrogens with one attached hydrogen (secondary N) is 2. The fourth-order valence-corrected chi connectivity index (χ4v) is 3.48. The van der Waals surface area contributed by atoms with Gasteiger partial charge in [0.2, 0.25) is 11.8 Å². The van der Waals surface area contributed by atoms with Gasteiger partial charge in [-0.3, -0.25) is 9.59 Å². The molecule has 0 aliphatic heterocycles. The smallest absolute Gasteiger partial charge is 0.249 e. The van der Waals surface area contributed by atoms with Crippen molar-refractivity contribution in [2.24, 2.45) is 5.10 Å². The van der Waals surface area contributed by atoms with E-state index in [0.717, 1.165) is 20.3 Å². The SMILES string of the molecule is CCOc1cc(C=NNC(=O)CC(=O)Nc2ccc(C)cc2C)cc(I)c1OC.